The first-order valence-electron chi connectivity index (χ1n) is 5.09. The predicted molar refractivity (Wildman–Crippen MR) is 69.3 cm³/mol. The van der Waals surface area contributed by atoms with Gasteiger partial charge in [0.25, 0.3) is 5.69 Å². The highest BCUT2D eigenvalue weighted by Gasteiger charge is 2.18. The van der Waals surface area contributed by atoms with Gasteiger partial charge in [0.05, 0.1) is 4.92 Å². The molecule has 0 amide bonds. The fourth-order valence-electron chi connectivity index (χ4n) is 1.36. The first kappa shape index (κ1) is 14.2. The van der Waals surface area contributed by atoms with Crippen LogP contribution in [0.3, 0.4) is 0 Å². The number of nitro groups is 1. The number of rotatable bonds is 6. The van der Waals surface area contributed by atoms with Crippen LogP contribution in [0, 0.1) is 10.1 Å². The molecule has 8 heteroatoms. The minimum atomic E-state index is -1.25. The van der Waals surface area contributed by atoms with Crippen LogP contribution < -0.4 is 5.32 Å². The molecular weight excluding hydrogens is 258 g/mol. The maximum absolute atomic E-state index is 11.0. The van der Waals surface area contributed by atoms with Gasteiger partial charge in [-0.25, -0.2) is 9.78 Å². The number of thioether (sulfide) groups is 1. The van der Waals surface area contributed by atoms with E-state index in [2.05, 4.69) is 10.3 Å². The molecule has 1 aromatic rings. The number of aromatic carboxylic acids is 1. The molecule has 0 radical (unpaired) electrons. The van der Waals surface area contributed by atoms with Crippen molar-refractivity contribution in [1.82, 2.24) is 4.98 Å². The lowest BCUT2D eigenvalue weighted by molar-refractivity contribution is -0.385. The molecule has 0 bridgehead atoms. The van der Waals surface area contributed by atoms with Crippen LogP contribution in [0.5, 0.6) is 0 Å². The second-order valence-electron chi connectivity index (χ2n) is 3.65. The fourth-order valence-corrected chi connectivity index (χ4v) is 1.94. The molecule has 1 unspecified atom stereocenters. The van der Waals surface area contributed by atoms with Gasteiger partial charge in [0.15, 0.2) is 0 Å². The van der Waals surface area contributed by atoms with Crippen LogP contribution in [0.2, 0.25) is 0 Å². The molecule has 1 rings (SSSR count). The van der Waals surface area contributed by atoms with Crippen LogP contribution in [-0.2, 0) is 0 Å². The van der Waals surface area contributed by atoms with Crippen LogP contribution >= 0.6 is 11.8 Å². The van der Waals surface area contributed by atoms with Crippen LogP contribution in [0.1, 0.15) is 17.3 Å². The van der Waals surface area contributed by atoms with Crippen molar-refractivity contribution in [1.29, 1.82) is 0 Å². The highest BCUT2D eigenvalue weighted by Crippen LogP contribution is 2.20. The van der Waals surface area contributed by atoms with E-state index in [1.54, 1.807) is 11.8 Å². The van der Waals surface area contributed by atoms with E-state index in [1.165, 1.54) is 0 Å². The molecule has 0 aliphatic carbocycles. The van der Waals surface area contributed by atoms with Gasteiger partial charge in [-0.1, -0.05) is 0 Å². The van der Waals surface area contributed by atoms with E-state index < -0.39 is 10.9 Å². The number of carbonyl (C=O) groups is 1. The summed E-state index contributed by atoms with van der Waals surface area (Å²) in [5.41, 5.74) is -0.535. The second-order valence-corrected chi connectivity index (χ2v) is 4.56. The van der Waals surface area contributed by atoms with Gasteiger partial charge in [0.1, 0.15) is 17.6 Å². The summed E-state index contributed by atoms with van der Waals surface area (Å²) in [5, 5.41) is 22.5. The normalized spacial score (nSPS) is 11.9. The molecule has 18 heavy (non-hydrogen) atoms. The zero-order valence-electron chi connectivity index (χ0n) is 9.91. The summed E-state index contributed by atoms with van der Waals surface area (Å²) in [6.45, 7) is 1.88. The van der Waals surface area contributed by atoms with Gasteiger partial charge in [-0.15, -0.1) is 0 Å². The van der Waals surface area contributed by atoms with E-state index in [9.17, 15) is 14.9 Å². The standard InChI is InChI=1S/C10H13N3O4S/c1-6(5-18-2)12-9-8(10(14)15)3-7(4-11-9)13(16)17/h3-4,6H,5H2,1-2H3,(H,11,12)(H,14,15). The second kappa shape index (κ2) is 6.20. The van der Waals surface area contributed by atoms with Gasteiger partial charge >= 0.3 is 5.97 Å². The van der Waals surface area contributed by atoms with E-state index in [-0.39, 0.29) is 23.1 Å². The topological polar surface area (TPSA) is 105 Å². The third-order valence-electron chi connectivity index (χ3n) is 2.11. The highest BCUT2D eigenvalue weighted by atomic mass is 32.2. The minimum absolute atomic E-state index is 0.0204. The first-order chi connectivity index (χ1) is 8.45. The van der Waals surface area contributed by atoms with Crippen molar-refractivity contribution in [3.05, 3.63) is 27.9 Å². The number of anilines is 1. The van der Waals surface area contributed by atoms with Crippen LogP contribution in [0.4, 0.5) is 11.5 Å². The van der Waals surface area contributed by atoms with Crippen LogP contribution in [0.15, 0.2) is 12.3 Å². The van der Waals surface area contributed by atoms with Gasteiger partial charge in [-0.3, -0.25) is 10.1 Å². The molecule has 98 valence electrons. The Morgan fingerprint density at radius 1 is 1.72 bits per heavy atom. The molecule has 0 spiro atoms. The van der Waals surface area contributed by atoms with Gasteiger partial charge in [-0.2, -0.15) is 11.8 Å². The van der Waals surface area contributed by atoms with Crippen molar-refractivity contribution in [3.63, 3.8) is 0 Å². The Morgan fingerprint density at radius 2 is 2.39 bits per heavy atom. The Bertz CT molecular complexity index is 466. The lowest BCUT2D eigenvalue weighted by Gasteiger charge is -2.14. The molecule has 1 atom stereocenters. The number of pyridine rings is 1. The number of carboxylic acid groups (broad SMARTS) is 1. The fraction of sp³-hybridized carbons (Fsp3) is 0.400. The summed E-state index contributed by atoms with van der Waals surface area (Å²) in [5.74, 6) is -0.322. The summed E-state index contributed by atoms with van der Waals surface area (Å²) in [6, 6.07) is 1.02. The van der Waals surface area contributed by atoms with Crippen LogP contribution in [-0.4, -0.2) is 39.0 Å². The largest absolute Gasteiger partial charge is 0.478 e. The number of aromatic nitrogens is 1. The van der Waals surface area contributed by atoms with Gasteiger partial charge in [0.2, 0.25) is 0 Å². The maximum Gasteiger partial charge on any atom is 0.339 e. The molecule has 2 N–H and O–H groups in total. The van der Waals surface area contributed by atoms with Gasteiger partial charge in [-0.05, 0) is 13.2 Å². The quantitative estimate of drug-likeness (QED) is 0.600. The summed E-state index contributed by atoms with van der Waals surface area (Å²) >= 11 is 1.61. The third-order valence-corrected chi connectivity index (χ3v) is 2.95. The lowest BCUT2D eigenvalue weighted by atomic mass is 10.2. The third kappa shape index (κ3) is 3.59. The summed E-state index contributed by atoms with van der Waals surface area (Å²) < 4.78 is 0. The average Bonchev–Trinajstić information content (AvgIpc) is 2.29. The zero-order chi connectivity index (χ0) is 13.7. The Labute approximate surface area is 108 Å². The monoisotopic (exact) mass is 271 g/mol. The minimum Gasteiger partial charge on any atom is -0.478 e. The van der Waals surface area contributed by atoms with E-state index >= 15 is 0 Å². The highest BCUT2D eigenvalue weighted by molar-refractivity contribution is 7.98. The van der Waals surface area contributed by atoms with Crippen LogP contribution in [0.25, 0.3) is 0 Å². The average molecular weight is 271 g/mol. The molecule has 0 aliphatic rings. The Balaban J connectivity index is 3.04. The lowest BCUT2D eigenvalue weighted by Crippen LogP contribution is -2.20. The first-order valence-corrected chi connectivity index (χ1v) is 6.48. The van der Waals surface area contributed by atoms with Crippen molar-refractivity contribution in [2.75, 3.05) is 17.3 Å². The SMILES string of the molecule is CSCC(C)Nc1ncc([N+](=O)[O-])cc1C(=O)O. The summed E-state index contributed by atoms with van der Waals surface area (Å²) in [4.78, 5) is 24.7. The zero-order valence-corrected chi connectivity index (χ0v) is 10.7. The Morgan fingerprint density at radius 3 is 2.89 bits per heavy atom. The number of nitrogens with one attached hydrogen (secondary N) is 1. The number of carboxylic acids is 1. The molecule has 0 aromatic carbocycles. The Kier molecular flexibility index (Phi) is 4.90. The summed E-state index contributed by atoms with van der Waals surface area (Å²) in [6.07, 6.45) is 2.97. The van der Waals surface area contributed by atoms with Crippen molar-refractivity contribution >= 4 is 29.2 Å². The number of hydrogen-bond acceptors (Lipinski definition) is 6. The van der Waals surface area contributed by atoms with E-state index in [0.29, 0.717) is 0 Å². The number of nitrogens with zero attached hydrogens (tertiary/aromatic N) is 2. The maximum atomic E-state index is 11.0. The molecule has 0 saturated carbocycles. The Hall–Kier alpha value is -1.83. The van der Waals surface area contributed by atoms with Crippen molar-refractivity contribution in [3.8, 4) is 0 Å². The number of hydrogen-bond donors (Lipinski definition) is 2. The van der Waals surface area contributed by atoms with Crippen molar-refractivity contribution < 1.29 is 14.8 Å². The predicted octanol–water partition coefficient (Wildman–Crippen LogP) is 1.85. The smallest absolute Gasteiger partial charge is 0.339 e. The molecule has 0 saturated heterocycles. The van der Waals surface area contributed by atoms with E-state index in [1.807, 2.05) is 13.2 Å². The van der Waals surface area contributed by atoms with E-state index in [0.717, 1.165) is 18.0 Å². The van der Waals surface area contributed by atoms with Crippen molar-refractivity contribution in [2.24, 2.45) is 0 Å². The molecule has 1 heterocycles. The van der Waals surface area contributed by atoms with Gasteiger partial charge in [0, 0.05) is 17.9 Å². The van der Waals surface area contributed by atoms with E-state index in [4.69, 9.17) is 5.11 Å². The molecule has 0 fully saturated rings. The molecular formula is C10H13N3O4S. The molecule has 1 aromatic heterocycles. The molecule has 7 nitrogen and oxygen atoms in total. The van der Waals surface area contributed by atoms with Crippen molar-refractivity contribution in [2.45, 2.75) is 13.0 Å². The molecule has 0 aliphatic heterocycles. The van der Waals surface area contributed by atoms with Gasteiger partial charge < -0.3 is 10.4 Å². The summed E-state index contributed by atoms with van der Waals surface area (Å²) in [7, 11) is 0.